The Labute approximate surface area is 109 Å². The van der Waals surface area contributed by atoms with Gasteiger partial charge in [0.15, 0.2) is 0 Å². The van der Waals surface area contributed by atoms with Crippen molar-refractivity contribution in [3.05, 3.63) is 11.8 Å². The number of aromatic nitrogens is 2. The van der Waals surface area contributed by atoms with Gasteiger partial charge >= 0.3 is 0 Å². The van der Waals surface area contributed by atoms with E-state index in [4.69, 9.17) is 10.6 Å². The first-order valence-corrected chi connectivity index (χ1v) is 6.13. The van der Waals surface area contributed by atoms with Gasteiger partial charge in [0, 0.05) is 32.0 Å². The third-order valence-electron chi connectivity index (χ3n) is 2.44. The second-order valence-corrected chi connectivity index (χ2v) is 4.67. The zero-order chi connectivity index (χ0) is 13.5. The quantitative estimate of drug-likeness (QED) is 0.561. The first kappa shape index (κ1) is 14.7. The van der Waals surface area contributed by atoms with E-state index in [2.05, 4.69) is 34.1 Å². The summed E-state index contributed by atoms with van der Waals surface area (Å²) in [6.07, 6.45) is 0. The molecule has 0 radical (unpaired) electrons. The summed E-state index contributed by atoms with van der Waals surface area (Å²) >= 11 is 0. The number of nitrogens with one attached hydrogen (secondary N) is 1. The Balaban J connectivity index is 2.91. The molecule has 0 aliphatic carbocycles. The van der Waals surface area contributed by atoms with Crippen LogP contribution in [-0.2, 0) is 4.74 Å². The molecule has 0 aliphatic heterocycles. The van der Waals surface area contributed by atoms with Crippen LogP contribution in [0.1, 0.15) is 19.5 Å². The van der Waals surface area contributed by atoms with E-state index in [0.29, 0.717) is 18.5 Å². The molecule has 0 fully saturated rings. The normalized spacial score (nSPS) is 10.8. The van der Waals surface area contributed by atoms with Crippen LogP contribution in [0, 0.1) is 12.8 Å². The predicted molar refractivity (Wildman–Crippen MR) is 73.5 cm³/mol. The number of nitrogens with zero attached hydrogens (tertiary/aromatic N) is 3. The van der Waals surface area contributed by atoms with Crippen molar-refractivity contribution in [3.8, 4) is 0 Å². The van der Waals surface area contributed by atoms with Gasteiger partial charge in [-0.25, -0.2) is 10.8 Å². The highest BCUT2D eigenvalue weighted by atomic mass is 16.5. The molecule has 102 valence electrons. The summed E-state index contributed by atoms with van der Waals surface area (Å²) in [6.45, 7) is 8.67. The molecule has 1 aromatic rings. The molecule has 0 bridgehead atoms. The standard InChI is InChI=1S/C12H23N5O/c1-9(2)8-17(5-6-18-4)11-7-10(3)14-12(15-11)16-13/h7,9H,5-6,8,13H2,1-4H3,(H,14,15,16). The summed E-state index contributed by atoms with van der Waals surface area (Å²) in [5.74, 6) is 7.24. The highest BCUT2D eigenvalue weighted by Gasteiger charge is 2.11. The Morgan fingerprint density at radius 2 is 2.17 bits per heavy atom. The van der Waals surface area contributed by atoms with E-state index in [9.17, 15) is 0 Å². The summed E-state index contributed by atoms with van der Waals surface area (Å²) in [6, 6.07) is 1.96. The van der Waals surface area contributed by atoms with E-state index >= 15 is 0 Å². The minimum absolute atomic E-state index is 0.441. The van der Waals surface area contributed by atoms with Crippen LogP contribution < -0.4 is 16.2 Å². The number of aryl methyl sites for hydroxylation is 1. The van der Waals surface area contributed by atoms with Gasteiger partial charge < -0.3 is 9.64 Å². The van der Waals surface area contributed by atoms with E-state index in [1.54, 1.807) is 7.11 Å². The van der Waals surface area contributed by atoms with Crippen molar-refractivity contribution in [3.63, 3.8) is 0 Å². The second-order valence-electron chi connectivity index (χ2n) is 4.67. The molecule has 1 rings (SSSR count). The van der Waals surface area contributed by atoms with E-state index in [-0.39, 0.29) is 0 Å². The molecule has 0 spiro atoms. The number of ether oxygens (including phenoxy) is 1. The van der Waals surface area contributed by atoms with E-state index in [1.807, 2.05) is 13.0 Å². The Morgan fingerprint density at radius 3 is 2.72 bits per heavy atom. The number of hydrogen-bond donors (Lipinski definition) is 2. The summed E-state index contributed by atoms with van der Waals surface area (Å²) in [4.78, 5) is 10.8. The molecular weight excluding hydrogens is 230 g/mol. The third kappa shape index (κ3) is 4.46. The lowest BCUT2D eigenvalue weighted by atomic mass is 10.2. The van der Waals surface area contributed by atoms with Gasteiger partial charge in [0.25, 0.3) is 0 Å². The topological polar surface area (TPSA) is 76.3 Å². The fraction of sp³-hybridized carbons (Fsp3) is 0.667. The fourth-order valence-corrected chi connectivity index (χ4v) is 1.72. The van der Waals surface area contributed by atoms with E-state index < -0.39 is 0 Å². The van der Waals surface area contributed by atoms with Gasteiger partial charge in [0.1, 0.15) is 5.82 Å². The van der Waals surface area contributed by atoms with Gasteiger partial charge in [0.05, 0.1) is 6.61 Å². The minimum Gasteiger partial charge on any atom is -0.383 e. The van der Waals surface area contributed by atoms with Crippen LogP contribution in [-0.4, -0.2) is 36.8 Å². The molecule has 1 heterocycles. The maximum Gasteiger partial charge on any atom is 0.239 e. The van der Waals surface area contributed by atoms with E-state index in [1.165, 1.54) is 0 Å². The first-order valence-electron chi connectivity index (χ1n) is 6.13. The highest BCUT2D eigenvalue weighted by molar-refractivity contribution is 5.44. The number of anilines is 2. The highest BCUT2D eigenvalue weighted by Crippen LogP contribution is 2.15. The van der Waals surface area contributed by atoms with Gasteiger partial charge in [0.2, 0.25) is 5.95 Å². The van der Waals surface area contributed by atoms with Crippen molar-refractivity contribution in [1.82, 2.24) is 9.97 Å². The number of methoxy groups -OCH3 is 1. The monoisotopic (exact) mass is 253 g/mol. The summed E-state index contributed by atoms with van der Waals surface area (Å²) in [7, 11) is 1.70. The molecule has 0 amide bonds. The lowest BCUT2D eigenvalue weighted by molar-refractivity contribution is 0.204. The molecule has 6 nitrogen and oxygen atoms in total. The number of hydrazine groups is 1. The van der Waals surface area contributed by atoms with Crippen LogP contribution in [0.3, 0.4) is 0 Å². The fourth-order valence-electron chi connectivity index (χ4n) is 1.72. The number of hydrogen-bond acceptors (Lipinski definition) is 6. The Morgan fingerprint density at radius 1 is 1.44 bits per heavy atom. The third-order valence-corrected chi connectivity index (χ3v) is 2.44. The molecule has 0 atom stereocenters. The van der Waals surface area contributed by atoms with Crippen molar-refractivity contribution >= 4 is 11.8 Å². The number of nitrogen functional groups attached to an aromatic ring is 1. The van der Waals surface area contributed by atoms with Gasteiger partial charge in [-0.1, -0.05) is 13.8 Å². The van der Waals surface area contributed by atoms with Crippen LogP contribution in [0.25, 0.3) is 0 Å². The van der Waals surface area contributed by atoms with Crippen LogP contribution >= 0.6 is 0 Å². The zero-order valence-corrected chi connectivity index (χ0v) is 11.6. The molecule has 0 aliphatic rings. The number of rotatable bonds is 7. The molecule has 0 unspecified atom stereocenters. The average Bonchev–Trinajstić information content (AvgIpc) is 2.33. The molecule has 0 saturated carbocycles. The number of nitrogens with two attached hydrogens (primary N) is 1. The van der Waals surface area contributed by atoms with Crippen molar-refractivity contribution in [2.45, 2.75) is 20.8 Å². The minimum atomic E-state index is 0.441. The Kier molecular flexibility index (Phi) is 5.80. The van der Waals surface area contributed by atoms with Gasteiger partial charge in [-0.05, 0) is 12.8 Å². The molecule has 18 heavy (non-hydrogen) atoms. The van der Waals surface area contributed by atoms with Gasteiger partial charge in [-0.3, -0.25) is 5.43 Å². The maximum atomic E-state index is 5.37. The van der Waals surface area contributed by atoms with Crippen LogP contribution in [0.15, 0.2) is 6.07 Å². The summed E-state index contributed by atoms with van der Waals surface area (Å²) < 4.78 is 5.14. The predicted octanol–water partition coefficient (Wildman–Crippen LogP) is 1.18. The summed E-state index contributed by atoms with van der Waals surface area (Å²) in [5, 5.41) is 0. The molecule has 3 N–H and O–H groups in total. The molecular formula is C12H23N5O. The molecule has 0 saturated heterocycles. The van der Waals surface area contributed by atoms with E-state index in [0.717, 1.165) is 24.6 Å². The average molecular weight is 253 g/mol. The van der Waals surface area contributed by atoms with Crippen molar-refractivity contribution in [2.24, 2.45) is 11.8 Å². The molecule has 1 aromatic heterocycles. The SMILES string of the molecule is COCCN(CC(C)C)c1cc(C)nc(NN)n1. The zero-order valence-electron chi connectivity index (χ0n) is 11.6. The van der Waals surface area contributed by atoms with Crippen LogP contribution in [0.4, 0.5) is 11.8 Å². The molecule has 0 aromatic carbocycles. The molecule has 6 heteroatoms. The largest absolute Gasteiger partial charge is 0.383 e. The lowest BCUT2D eigenvalue weighted by Crippen LogP contribution is -2.32. The van der Waals surface area contributed by atoms with Crippen molar-refractivity contribution < 1.29 is 4.74 Å². The maximum absolute atomic E-state index is 5.37. The summed E-state index contributed by atoms with van der Waals surface area (Å²) in [5.41, 5.74) is 3.38. The van der Waals surface area contributed by atoms with Gasteiger partial charge in [-0.15, -0.1) is 0 Å². The van der Waals surface area contributed by atoms with Gasteiger partial charge in [-0.2, -0.15) is 4.98 Å². The first-order chi connectivity index (χ1) is 8.56. The van der Waals surface area contributed by atoms with Crippen LogP contribution in [0.5, 0.6) is 0 Å². The smallest absolute Gasteiger partial charge is 0.239 e. The lowest BCUT2D eigenvalue weighted by Gasteiger charge is -2.25. The van der Waals surface area contributed by atoms with Crippen molar-refractivity contribution in [2.75, 3.05) is 37.1 Å². The Hall–Kier alpha value is -1.40. The second kappa shape index (κ2) is 7.13. The Bertz CT molecular complexity index is 369. The van der Waals surface area contributed by atoms with Crippen molar-refractivity contribution in [1.29, 1.82) is 0 Å². The van der Waals surface area contributed by atoms with Crippen LogP contribution in [0.2, 0.25) is 0 Å².